The van der Waals surface area contributed by atoms with Gasteiger partial charge in [0, 0.05) is 38.4 Å². The largest absolute Gasteiger partial charge is 0.355 e. The van der Waals surface area contributed by atoms with Crippen LogP contribution in [0.25, 0.3) is 0 Å². The Balaban J connectivity index is 1.79. The Morgan fingerprint density at radius 1 is 1.12 bits per heavy atom. The van der Waals surface area contributed by atoms with Crippen LogP contribution in [-0.2, 0) is 27.8 Å². The van der Waals surface area contributed by atoms with Crippen LogP contribution in [0.1, 0.15) is 17.5 Å². The Morgan fingerprint density at radius 3 is 2.48 bits per heavy atom. The van der Waals surface area contributed by atoms with Crippen molar-refractivity contribution < 1.29 is 13.2 Å². The quantitative estimate of drug-likeness (QED) is 0.736. The molecule has 1 N–H and O–H groups in total. The fraction of sp³-hybridized carbons (Fsp3) is 0.333. The highest BCUT2D eigenvalue weighted by molar-refractivity contribution is 7.88. The van der Waals surface area contributed by atoms with Crippen LogP contribution >= 0.6 is 0 Å². The van der Waals surface area contributed by atoms with Crippen molar-refractivity contribution in [1.29, 1.82) is 0 Å². The number of pyridine rings is 1. The number of sulfonamides is 1. The fourth-order valence-corrected chi connectivity index (χ4v) is 3.17. The van der Waals surface area contributed by atoms with Gasteiger partial charge in [0.25, 0.3) is 0 Å². The Labute approximate surface area is 148 Å². The van der Waals surface area contributed by atoms with Crippen LogP contribution in [0, 0.1) is 0 Å². The van der Waals surface area contributed by atoms with E-state index in [2.05, 4.69) is 10.3 Å². The summed E-state index contributed by atoms with van der Waals surface area (Å²) in [5, 5.41) is 2.78. The predicted octanol–water partition coefficient (Wildman–Crippen LogP) is 1.59. The number of aryl methyl sites for hydroxylation is 1. The molecule has 0 atom stereocenters. The first-order chi connectivity index (χ1) is 11.9. The minimum atomic E-state index is -3.36. The van der Waals surface area contributed by atoms with Crippen LogP contribution in [0.5, 0.6) is 0 Å². The van der Waals surface area contributed by atoms with Gasteiger partial charge in [-0.3, -0.25) is 9.78 Å². The summed E-state index contributed by atoms with van der Waals surface area (Å²) in [6, 6.07) is 13.4. The molecule has 0 aliphatic carbocycles. The monoisotopic (exact) mass is 361 g/mol. The summed E-state index contributed by atoms with van der Waals surface area (Å²) >= 11 is 0. The number of aromatic nitrogens is 1. The van der Waals surface area contributed by atoms with Gasteiger partial charge in [-0.15, -0.1) is 0 Å². The van der Waals surface area contributed by atoms with Crippen LogP contribution in [0.2, 0.25) is 0 Å². The van der Waals surface area contributed by atoms with Gasteiger partial charge in [0.05, 0.1) is 6.26 Å². The zero-order valence-electron chi connectivity index (χ0n) is 14.3. The molecule has 1 amide bonds. The summed E-state index contributed by atoms with van der Waals surface area (Å²) in [7, 11) is -3.36. The summed E-state index contributed by atoms with van der Waals surface area (Å²) in [5.74, 6) is -0.0846. The molecule has 7 heteroatoms. The molecule has 1 aromatic carbocycles. The molecule has 0 spiro atoms. The van der Waals surface area contributed by atoms with Crippen molar-refractivity contribution >= 4 is 15.9 Å². The van der Waals surface area contributed by atoms with Gasteiger partial charge in [0.2, 0.25) is 15.9 Å². The lowest BCUT2D eigenvalue weighted by Crippen LogP contribution is -2.37. The second-order valence-corrected chi connectivity index (χ2v) is 7.78. The number of carbonyl (C=O) groups is 1. The van der Waals surface area contributed by atoms with Gasteiger partial charge in [-0.2, -0.15) is 4.31 Å². The topological polar surface area (TPSA) is 79.4 Å². The molecule has 1 aromatic heterocycles. The first kappa shape index (κ1) is 19.1. The maximum absolute atomic E-state index is 11.9. The first-order valence-corrected chi connectivity index (χ1v) is 9.94. The van der Waals surface area contributed by atoms with Crippen molar-refractivity contribution in [1.82, 2.24) is 14.6 Å². The van der Waals surface area contributed by atoms with Gasteiger partial charge < -0.3 is 5.32 Å². The number of nitrogens with zero attached hydrogens (tertiary/aromatic N) is 2. The third kappa shape index (κ3) is 7.03. The minimum absolute atomic E-state index is 0.0846. The second kappa shape index (κ2) is 9.29. The Hall–Kier alpha value is -2.25. The van der Waals surface area contributed by atoms with Crippen molar-refractivity contribution in [3.05, 3.63) is 66.0 Å². The lowest BCUT2D eigenvalue weighted by Gasteiger charge is -2.20. The van der Waals surface area contributed by atoms with E-state index in [1.165, 1.54) is 10.6 Å². The number of hydrogen-bond donors (Lipinski definition) is 1. The molecule has 25 heavy (non-hydrogen) atoms. The van der Waals surface area contributed by atoms with Crippen molar-refractivity contribution in [2.75, 3.05) is 19.3 Å². The van der Waals surface area contributed by atoms with E-state index in [0.29, 0.717) is 12.8 Å². The van der Waals surface area contributed by atoms with Crippen LogP contribution in [0.3, 0.4) is 0 Å². The van der Waals surface area contributed by atoms with Crippen LogP contribution < -0.4 is 5.32 Å². The lowest BCUT2D eigenvalue weighted by atomic mass is 10.1. The number of benzene rings is 1. The standard InChI is InChI=1S/C18H23N3O3S/c1-25(23,24)21(15-17-8-5-11-19-14-17)13-12-20-18(22)10-9-16-6-3-2-4-7-16/h2-8,11,14H,9-10,12-13,15H2,1H3,(H,20,22). The summed E-state index contributed by atoms with van der Waals surface area (Å²) in [6.45, 7) is 0.748. The summed E-state index contributed by atoms with van der Waals surface area (Å²) < 4.78 is 25.2. The van der Waals surface area contributed by atoms with E-state index in [9.17, 15) is 13.2 Å². The number of nitrogens with one attached hydrogen (secondary N) is 1. The molecule has 0 aliphatic heterocycles. The molecule has 2 rings (SSSR count). The third-order valence-electron chi connectivity index (χ3n) is 3.72. The third-order valence-corrected chi connectivity index (χ3v) is 4.97. The van der Waals surface area contributed by atoms with Gasteiger partial charge in [0.15, 0.2) is 0 Å². The Kier molecular flexibility index (Phi) is 7.09. The van der Waals surface area contributed by atoms with E-state index in [1.807, 2.05) is 36.4 Å². The highest BCUT2D eigenvalue weighted by Crippen LogP contribution is 2.07. The van der Waals surface area contributed by atoms with Gasteiger partial charge in [0.1, 0.15) is 0 Å². The summed E-state index contributed by atoms with van der Waals surface area (Å²) in [4.78, 5) is 15.9. The summed E-state index contributed by atoms with van der Waals surface area (Å²) in [5.41, 5.74) is 1.91. The number of hydrogen-bond acceptors (Lipinski definition) is 4. The molecule has 0 unspecified atom stereocenters. The number of carbonyl (C=O) groups excluding carboxylic acids is 1. The van der Waals surface area contributed by atoms with Crippen LogP contribution in [-0.4, -0.2) is 43.0 Å². The van der Waals surface area contributed by atoms with Gasteiger partial charge in [-0.05, 0) is 23.6 Å². The highest BCUT2D eigenvalue weighted by Gasteiger charge is 2.17. The van der Waals surface area contributed by atoms with E-state index in [0.717, 1.165) is 11.1 Å². The molecule has 1 heterocycles. The van der Waals surface area contributed by atoms with Gasteiger partial charge in [-0.1, -0.05) is 36.4 Å². The average Bonchev–Trinajstić information content (AvgIpc) is 2.60. The van der Waals surface area contributed by atoms with Crippen molar-refractivity contribution in [3.63, 3.8) is 0 Å². The molecular formula is C18H23N3O3S. The molecule has 0 bridgehead atoms. The van der Waals surface area contributed by atoms with Crippen molar-refractivity contribution in [2.45, 2.75) is 19.4 Å². The maximum atomic E-state index is 11.9. The van der Waals surface area contributed by atoms with Crippen molar-refractivity contribution in [3.8, 4) is 0 Å². The zero-order chi connectivity index (χ0) is 18.1. The van der Waals surface area contributed by atoms with Gasteiger partial charge in [-0.25, -0.2) is 8.42 Å². The predicted molar refractivity (Wildman–Crippen MR) is 97.3 cm³/mol. The van der Waals surface area contributed by atoms with E-state index in [4.69, 9.17) is 0 Å². The van der Waals surface area contributed by atoms with Crippen molar-refractivity contribution in [2.24, 2.45) is 0 Å². The van der Waals surface area contributed by atoms with E-state index in [-0.39, 0.29) is 25.5 Å². The number of rotatable bonds is 9. The minimum Gasteiger partial charge on any atom is -0.355 e. The Bertz CT molecular complexity index is 765. The Morgan fingerprint density at radius 2 is 1.84 bits per heavy atom. The van der Waals surface area contributed by atoms with E-state index in [1.54, 1.807) is 18.5 Å². The summed E-state index contributed by atoms with van der Waals surface area (Å²) in [6.07, 6.45) is 5.49. The van der Waals surface area contributed by atoms with E-state index < -0.39 is 10.0 Å². The molecular weight excluding hydrogens is 338 g/mol. The normalized spacial score (nSPS) is 11.4. The highest BCUT2D eigenvalue weighted by atomic mass is 32.2. The molecule has 0 fully saturated rings. The van der Waals surface area contributed by atoms with Crippen LogP contribution in [0.4, 0.5) is 0 Å². The first-order valence-electron chi connectivity index (χ1n) is 8.10. The number of amides is 1. The molecule has 0 radical (unpaired) electrons. The molecule has 2 aromatic rings. The maximum Gasteiger partial charge on any atom is 0.220 e. The SMILES string of the molecule is CS(=O)(=O)N(CCNC(=O)CCc1ccccc1)Cc1cccnc1. The van der Waals surface area contributed by atoms with Gasteiger partial charge >= 0.3 is 0 Å². The van der Waals surface area contributed by atoms with E-state index >= 15 is 0 Å². The smallest absolute Gasteiger partial charge is 0.220 e. The molecule has 0 saturated carbocycles. The molecule has 0 saturated heterocycles. The average molecular weight is 361 g/mol. The van der Waals surface area contributed by atoms with Crippen LogP contribution in [0.15, 0.2) is 54.9 Å². The molecule has 0 aliphatic rings. The second-order valence-electron chi connectivity index (χ2n) is 5.79. The zero-order valence-corrected chi connectivity index (χ0v) is 15.1. The lowest BCUT2D eigenvalue weighted by molar-refractivity contribution is -0.121. The molecule has 134 valence electrons. The molecule has 6 nitrogen and oxygen atoms in total. The fourth-order valence-electron chi connectivity index (χ4n) is 2.37.